The Balaban J connectivity index is 1.75. The molecule has 2 rings (SSSR count). The first-order valence-electron chi connectivity index (χ1n) is 8.83. The normalized spacial score (nSPS) is 20.3. The van der Waals surface area contributed by atoms with E-state index in [9.17, 15) is 17.6 Å². The molecule has 0 saturated heterocycles. The fraction of sp³-hybridized carbons (Fsp3) is 0.526. The number of rotatable bonds is 8. The second-order valence-electron chi connectivity index (χ2n) is 6.75. The first-order valence-corrected chi connectivity index (χ1v) is 10.3. The van der Waals surface area contributed by atoms with E-state index in [2.05, 4.69) is 19.1 Å². The highest BCUT2D eigenvalue weighted by Gasteiger charge is 2.22. The molecule has 0 saturated carbocycles. The number of allylic oxidation sites excluding steroid dienone is 2. The molecule has 1 aliphatic rings. The zero-order chi connectivity index (χ0) is 19.2. The minimum atomic E-state index is -3.68. The highest BCUT2D eigenvalue weighted by Crippen LogP contribution is 2.25. The predicted octanol–water partition coefficient (Wildman–Crippen LogP) is 3.37. The number of esters is 1. The van der Waals surface area contributed by atoms with Gasteiger partial charge in [0.05, 0.1) is 11.5 Å². The molecule has 0 N–H and O–H groups in total. The molecule has 1 aromatic carbocycles. The third-order valence-electron chi connectivity index (χ3n) is 4.75. The van der Waals surface area contributed by atoms with Crippen LogP contribution in [-0.4, -0.2) is 38.9 Å². The summed E-state index contributed by atoms with van der Waals surface area (Å²) in [6, 6.07) is 4.68. The molecule has 0 bridgehead atoms. The summed E-state index contributed by atoms with van der Waals surface area (Å²) < 4.78 is 44.2. The van der Waals surface area contributed by atoms with Gasteiger partial charge in [0.2, 0.25) is 10.0 Å². The summed E-state index contributed by atoms with van der Waals surface area (Å²) in [4.78, 5) is 11.9. The summed E-state index contributed by atoms with van der Waals surface area (Å²) in [5.74, 6) is 0.0571. The van der Waals surface area contributed by atoms with Crippen LogP contribution in [0, 0.1) is 17.7 Å². The number of carbonyl (C=O) groups excluding carboxylic acids is 1. The van der Waals surface area contributed by atoms with Gasteiger partial charge >= 0.3 is 5.97 Å². The Morgan fingerprint density at radius 1 is 1.23 bits per heavy atom. The van der Waals surface area contributed by atoms with Crippen molar-refractivity contribution in [3.8, 4) is 0 Å². The topological polar surface area (TPSA) is 63.7 Å². The Labute approximate surface area is 154 Å². The summed E-state index contributed by atoms with van der Waals surface area (Å²) in [6.07, 6.45) is 6.74. The summed E-state index contributed by atoms with van der Waals surface area (Å²) in [6.45, 7) is 2.75. The first-order chi connectivity index (χ1) is 12.3. The Kier molecular flexibility index (Phi) is 7.34. The van der Waals surface area contributed by atoms with Gasteiger partial charge in [-0.05, 0) is 55.4 Å². The predicted molar refractivity (Wildman–Crippen MR) is 97.4 cm³/mol. The smallest absolute Gasteiger partial charge is 0.305 e. The summed E-state index contributed by atoms with van der Waals surface area (Å²) in [7, 11) is -2.24. The molecule has 0 radical (unpaired) electrons. The van der Waals surface area contributed by atoms with Crippen molar-refractivity contribution in [2.75, 3.05) is 20.2 Å². The average molecular weight is 383 g/mol. The molecular formula is C19H26FNO4S. The maximum atomic E-state index is 12.9. The van der Waals surface area contributed by atoms with Crippen LogP contribution in [0.5, 0.6) is 0 Å². The Bertz CT molecular complexity index is 730. The SMILES string of the molecule is CC1CC=CCC1COC(=O)CCCN(C)S(=O)(=O)c1ccc(F)cc1. The van der Waals surface area contributed by atoms with Gasteiger partial charge in [-0.2, -0.15) is 0 Å². The molecular weight excluding hydrogens is 357 g/mol. The van der Waals surface area contributed by atoms with Crippen molar-refractivity contribution in [1.29, 1.82) is 0 Å². The lowest BCUT2D eigenvalue weighted by molar-refractivity contribution is -0.145. The van der Waals surface area contributed by atoms with Crippen LogP contribution in [0.2, 0.25) is 0 Å². The number of hydrogen-bond acceptors (Lipinski definition) is 4. The molecule has 1 aromatic rings. The van der Waals surface area contributed by atoms with Crippen molar-refractivity contribution in [2.24, 2.45) is 11.8 Å². The molecule has 0 spiro atoms. The van der Waals surface area contributed by atoms with Crippen LogP contribution in [0.3, 0.4) is 0 Å². The molecule has 0 aliphatic heterocycles. The highest BCUT2D eigenvalue weighted by atomic mass is 32.2. The molecule has 2 unspecified atom stereocenters. The van der Waals surface area contributed by atoms with Crippen molar-refractivity contribution in [3.63, 3.8) is 0 Å². The summed E-state index contributed by atoms with van der Waals surface area (Å²) >= 11 is 0. The van der Waals surface area contributed by atoms with Crippen LogP contribution in [-0.2, 0) is 19.6 Å². The average Bonchev–Trinajstić information content (AvgIpc) is 2.61. The molecule has 1 aliphatic carbocycles. The maximum absolute atomic E-state index is 12.9. The number of ether oxygens (including phenoxy) is 1. The van der Waals surface area contributed by atoms with E-state index in [1.54, 1.807) is 0 Å². The molecule has 144 valence electrons. The number of hydrogen-bond donors (Lipinski definition) is 0. The van der Waals surface area contributed by atoms with Gasteiger partial charge in [0.25, 0.3) is 0 Å². The summed E-state index contributed by atoms with van der Waals surface area (Å²) in [5, 5.41) is 0. The maximum Gasteiger partial charge on any atom is 0.305 e. The third-order valence-corrected chi connectivity index (χ3v) is 6.62. The van der Waals surface area contributed by atoms with Crippen LogP contribution in [0.25, 0.3) is 0 Å². The van der Waals surface area contributed by atoms with Crippen LogP contribution >= 0.6 is 0 Å². The lowest BCUT2D eigenvalue weighted by Crippen LogP contribution is -2.28. The molecule has 5 nitrogen and oxygen atoms in total. The number of nitrogens with zero attached hydrogens (tertiary/aromatic N) is 1. The van der Waals surface area contributed by atoms with Crippen LogP contribution in [0.15, 0.2) is 41.3 Å². The zero-order valence-corrected chi connectivity index (χ0v) is 16.0. The van der Waals surface area contributed by atoms with Gasteiger partial charge in [0, 0.05) is 20.0 Å². The lowest BCUT2D eigenvalue weighted by atomic mass is 9.85. The van der Waals surface area contributed by atoms with Gasteiger partial charge in [-0.3, -0.25) is 4.79 Å². The van der Waals surface area contributed by atoms with E-state index in [1.165, 1.54) is 23.5 Å². The lowest BCUT2D eigenvalue weighted by Gasteiger charge is -2.24. The van der Waals surface area contributed by atoms with E-state index in [0.717, 1.165) is 25.0 Å². The monoisotopic (exact) mass is 383 g/mol. The molecule has 26 heavy (non-hydrogen) atoms. The fourth-order valence-electron chi connectivity index (χ4n) is 2.86. The second-order valence-corrected chi connectivity index (χ2v) is 8.79. The number of carbonyl (C=O) groups is 1. The van der Waals surface area contributed by atoms with E-state index in [0.29, 0.717) is 24.9 Å². The van der Waals surface area contributed by atoms with E-state index in [-0.39, 0.29) is 23.8 Å². The highest BCUT2D eigenvalue weighted by molar-refractivity contribution is 7.89. The Morgan fingerprint density at radius 3 is 2.54 bits per heavy atom. The Morgan fingerprint density at radius 2 is 1.88 bits per heavy atom. The van der Waals surface area contributed by atoms with Crippen molar-refractivity contribution >= 4 is 16.0 Å². The van der Waals surface area contributed by atoms with Crippen molar-refractivity contribution in [3.05, 3.63) is 42.2 Å². The molecule has 2 atom stereocenters. The Hall–Kier alpha value is -1.73. The number of benzene rings is 1. The van der Waals surface area contributed by atoms with Gasteiger partial charge < -0.3 is 4.74 Å². The molecule has 0 heterocycles. The van der Waals surface area contributed by atoms with Crippen molar-refractivity contribution in [1.82, 2.24) is 4.31 Å². The van der Waals surface area contributed by atoms with Crippen molar-refractivity contribution < 1.29 is 22.3 Å². The largest absolute Gasteiger partial charge is 0.465 e. The van der Waals surface area contributed by atoms with E-state index < -0.39 is 15.8 Å². The molecule has 7 heteroatoms. The van der Waals surface area contributed by atoms with E-state index in [1.807, 2.05) is 0 Å². The molecule has 0 amide bonds. The molecule has 0 fully saturated rings. The standard InChI is InChI=1S/C19H26FNO4S/c1-15-6-3-4-7-16(15)14-25-19(22)8-5-13-21(2)26(23,24)18-11-9-17(20)10-12-18/h3-4,9-12,15-16H,5-8,13-14H2,1-2H3. The third kappa shape index (κ3) is 5.64. The number of halogens is 1. The quantitative estimate of drug-likeness (QED) is 0.510. The van der Waals surface area contributed by atoms with E-state index in [4.69, 9.17) is 4.74 Å². The minimum Gasteiger partial charge on any atom is -0.465 e. The van der Waals surface area contributed by atoms with Gasteiger partial charge in [-0.1, -0.05) is 19.1 Å². The second kappa shape index (κ2) is 9.28. The van der Waals surface area contributed by atoms with E-state index >= 15 is 0 Å². The zero-order valence-electron chi connectivity index (χ0n) is 15.2. The van der Waals surface area contributed by atoms with Crippen molar-refractivity contribution in [2.45, 2.75) is 37.5 Å². The molecule has 0 aromatic heterocycles. The summed E-state index contributed by atoms with van der Waals surface area (Å²) in [5.41, 5.74) is 0. The minimum absolute atomic E-state index is 0.0308. The van der Waals surface area contributed by atoms with Gasteiger partial charge in [-0.25, -0.2) is 17.1 Å². The van der Waals surface area contributed by atoms with Crippen LogP contribution in [0.1, 0.15) is 32.6 Å². The fourth-order valence-corrected chi connectivity index (χ4v) is 4.07. The first kappa shape index (κ1) is 20.6. The number of sulfonamides is 1. The van der Waals surface area contributed by atoms with Gasteiger partial charge in [0.15, 0.2) is 0 Å². The van der Waals surface area contributed by atoms with Crippen LogP contribution in [0.4, 0.5) is 4.39 Å². The van der Waals surface area contributed by atoms with Gasteiger partial charge in [0.1, 0.15) is 5.82 Å². The van der Waals surface area contributed by atoms with Crippen LogP contribution < -0.4 is 0 Å². The van der Waals surface area contributed by atoms with Gasteiger partial charge in [-0.15, -0.1) is 0 Å².